The molecule has 1 fully saturated rings. The van der Waals surface area contributed by atoms with Gasteiger partial charge in [0.05, 0.1) is 0 Å². The Labute approximate surface area is 255 Å². The largest absolute Gasteiger partial charge is 0.0995 e. The molecule has 0 nitrogen and oxygen atoms in total. The Hall–Kier alpha value is -3.38. The molecule has 0 spiro atoms. The number of hydrogen-bond donors (Lipinski definition) is 0. The summed E-state index contributed by atoms with van der Waals surface area (Å²) in [5, 5.41) is 0. The number of allylic oxidation sites excluding steroid dienone is 11. The minimum atomic E-state index is 0.378. The van der Waals surface area contributed by atoms with E-state index in [9.17, 15) is 0 Å². The van der Waals surface area contributed by atoms with Gasteiger partial charge in [0.25, 0.3) is 0 Å². The maximum absolute atomic E-state index is 4.80. The summed E-state index contributed by atoms with van der Waals surface area (Å²) < 4.78 is 0. The molecule has 0 bridgehead atoms. The van der Waals surface area contributed by atoms with Gasteiger partial charge in [-0.25, -0.2) is 0 Å². The molecule has 0 heteroatoms. The van der Waals surface area contributed by atoms with Gasteiger partial charge >= 0.3 is 0 Å². The highest BCUT2D eigenvalue weighted by atomic mass is 14.5. The predicted octanol–water partition coefficient (Wildman–Crippen LogP) is 11.5. The third kappa shape index (κ3) is 5.42. The van der Waals surface area contributed by atoms with Crippen LogP contribution in [0.4, 0.5) is 0 Å². The Morgan fingerprint density at radius 1 is 0.905 bits per heavy atom. The SMILES string of the molecule is C=C(CCC)c1ccc(C2=CC=C(/C=C3/CC4=CC(C)C(C(=C)CCC)C(c5ccc6c(c5)CCC6)C4C3=C)C2)cc1. The molecule has 0 radical (unpaired) electrons. The lowest BCUT2D eigenvalue weighted by Gasteiger charge is -2.41. The van der Waals surface area contributed by atoms with E-state index in [0.29, 0.717) is 23.7 Å². The fourth-order valence-corrected chi connectivity index (χ4v) is 8.34. The second-order valence-electron chi connectivity index (χ2n) is 13.3. The van der Waals surface area contributed by atoms with Crippen molar-refractivity contribution >= 4 is 11.1 Å². The third-order valence-corrected chi connectivity index (χ3v) is 10.4. The van der Waals surface area contributed by atoms with Gasteiger partial charge in [0.1, 0.15) is 0 Å². The van der Waals surface area contributed by atoms with Crippen molar-refractivity contribution in [3.05, 3.63) is 142 Å². The Balaban J connectivity index is 1.25. The van der Waals surface area contributed by atoms with Gasteiger partial charge in [-0.3, -0.25) is 0 Å². The average molecular weight is 553 g/mol. The third-order valence-electron chi connectivity index (χ3n) is 10.4. The van der Waals surface area contributed by atoms with Crippen LogP contribution < -0.4 is 0 Å². The monoisotopic (exact) mass is 552 g/mol. The van der Waals surface area contributed by atoms with E-state index in [1.807, 2.05) is 0 Å². The molecular formula is C42H48. The van der Waals surface area contributed by atoms with Gasteiger partial charge in [0, 0.05) is 11.8 Å². The molecule has 2 aromatic rings. The fraction of sp³-hybridized carbons (Fsp3) is 0.381. The van der Waals surface area contributed by atoms with E-state index in [0.717, 1.165) is 38.5 Å². The van der Waals surface area contributed by atoms with Crippen molar-refractivity contribution in [3.63, 3.8) is 0 Å². The van der Waals surface area contributed by atoms with Crippen LogP contribution in [-0.4, -0.2) is 0 Å². The quantitative estimate of drug-likeness (QED) is 0.271. The van der Waals surface area contributed by atoms with Crippen LogP contribution in [0, 0.1) is 17.8 Å². The maximum atomic E-state index is 4.80. The van der Waals surface area contributed by atoms with Crippen molar-refractivity contribution in [3.8, 4) is 0 Å². The van der Waals surface area contributed by atoms with Crippen LogP contribution in [0.5, 0.6) is 0 Å². The maximum Gasteiger partial charge on any atom is 0.0123 e. The minimum Gasteiger partial charge on any atom is -0.0995 e. The van der Waals surface area contributed by atoms with E-state index < -0.39 is 0 Å². The van der Waals surface area contributed by atoms with Crippen molar-refractivity contribution in [2.75, 3.05) is 0 Å². The summed E-state index contributed by atoms with van der Waals surface area (Å²) in [4.78, 5) is 0. The molecule has 4 atom stereocenters. The van der Waals surface area contributed by atoms with Gasteiger partial charge in [0.2, 0.25) is 0 Å². The standard InChI is InChI=1S/C42H48/c1-7-10-27(3)32-16-18-34(19-17-32)36-15-14-31(23-36)24-38-26-39-22-29(5)40(28(4)11-8-2)42(41(39)30(38)6)37-21-20-33-12-9-13-35(33)25-37/h14-22,24-25,29,40-42H,3-4,6-13,23,26H2,1-2,5H3/b38-24-. The van der Waals surface area contributed by atoms with E-state index in [2.05, 4.69) is 101 Å². The normalized spacial score (nSPS) is 25.6. The zero-order valence-corrected chi connectivity index (χ0v) is 26.1. The van der Waals surface area contributed by atoms with Crippen LogP contribution in [0.2, 0.25) is 0 Å². The lowest BCUT2D eigenvalue weighted by molar-refractivity contribution is 0.322. The topological polar surface area (TPSA) is 0 Å². The Bertz CT molecular complexity index is 1530. The van der Waals surface area contributed by atoms with Crippen molar-refractivity contribution in [1.29, 1.82) is 0 Å². The first-order valence-electron chi connectivity index (χ1n) is 16.5. The van der Waals surface area contributed by atoms with Crippen molar-refractivity contribution in [2.45, 2.75) is 84.5 Å². The van der Waals surface area contributed by atoms with Crippen molar-refractivity contribution in [2.24, 2.45) is 17.8 Å². The second kappa shape index (κ2) is 12.1. The molecule has 2 aromatic carbocycles. The van der Waals surface area contributed by atoms with Crippen LogP contribution in [-0.2, 0) is 12.8 Å². The molecule has 0 aliphatic heterocycles. The first kappa shape index (κ1) is 28.7. The smallest absolute Gasteiger partial charge is 0.0123 e. The zero-order chi connectivity index (χ0) is 29.4. The first-order chi connectivity index (χ1) is 20.4. The molecule has 4 aliphatic carbocycles. The van der Waals surface area contributed by atoms with E-state index in [-0.39, 0.29) is 0 Å². The summed E-state index contributed by atoms with van der Waals surface area (Å²) in [5.41, 5.74) is 17.0. The summed E-state index contributed by atoms with van der Waals surface area (Å²) in [7, 11) is 0. The molecule has 42 heavy (non-hydrogen) atoms. The predicted molar refractivity (Wildman–Crippen MR) is 182 cm³/mol. The number of rotatable bonds is 9. The summed E-state index contributed by atoms with van der Waals surface area (Å²) in [6.45, 7) is 20.7. The number of hydrogen-bond acceptors (Lipinski definition) is 0. The van der Waals surface area contributed by atoms with Gasteiger partial charge in [-0.15, -0.1) is 0 Å². The van der Waals surface area contributed by atoms with Gasteiger partial charge in [-0.1, -0.05) is 131 Å². The van der Waals surface area contributed by atoms with Gasteiger partial charge in [-0.05, 0) is 112 Å². The van der Waals surface area contributed by atoms with Crippen molar-refractivity contribution < 1.29 is 0 Å². The Morgan fingerprint density at radius 3 is 2.43 bits per heavy atom. The van der Waals surface area contributed by atoms with Crippen LogP contribution in [0.15, 0.2) is 114 Å². The highest BCUT2D eigenvalue weighted by Crippen LogP contribution is 2.57. The fourth-order valence-electron chi connectivity index (χ4n) is 8.34. The number of benzene rings is 2. The Kier molecular flexibility index (Phi) is 8.26. The molecule has 0 saturated heterocycles. The highest BCUT2D eigenvalue weighted by molar-refractivity contribution is 5.75. The van der Waals surface area contributed by atoms with Crippen molar-refractivity contribution in [1.82, 2.24) is 0 Å². The highest BCUT2D eigenvalue weighted by Gasteiger charge is 2.45. The lowest BCUT2D eigenvalue weighted by Crippen LogP contribution is -2.31. The van der Waals surface area contributed by atoms with Crippen LogP contribution >= 0.6 is 0 Å². The molecule has 1 saturated carbocycles. The number of fused-ring (bicyclic) bond motifs is 2. The van der Waals surface area contributed by atoms with Gasteiger partial charge in [0.15, 0.2) is 0 Å². The Morgan fingerprint density at radius 2 is 1.67 bits per heavy atom. The molecular weight excluding hydrogens is 504 g/mol. The van der Waals surface area contributed by atoms with E-state index in [1.165, 1.54) is 69.4 Å². The van der Waals surface area contributed by atoms with Crippen LogP contribution in [0.3, 0.4) is 0 Å². The lowest BCUT2D eigenvalue weighted by atomic mass is 9.62. The van der Waals surface area contributed by atoms with Crippen LogP contribution in [0.1, 0.15) is 99.5 Å². The molecule has 4 unspecified atom stereocenters. The summed E-state index contributed by atoms with van der Waals surface area (Å²) in [6, 6.07) is 16.5. The van der Waals surface area contributed by atoms with E-state index >= 15 is 0 Å². The molecule has 0 aromatic heterocycles. The summed E-state index contributed by atoms with van der Waals surface area (Å²) >= 11 is 0. The van der Waals surface area contributed by atoms with Gasteiger partial charge < -0.3 is 0 Å². The molecule has 0 N–H and O–H groups in total. The molecule has 0 heterocycles. The summed E-state index contributed by atoms with van der Waals surface area (Å²) in [6.07, 6.45) is 19.9. The van der Waals surface area contributed by atoms with E-state index in [4.69, 9.17) is 6.58 Å². The number of aryl methyl sites for hydroxylation is 2. The van der Waals surface area contributed by atoms with E-state index in [1.54, 1.807) is 16.7 Å². The summed E-state index contributed by atoms with van der Waals surface area (Å²) in [5.74, 6) is 1.76. The second-order valence-corrected chi connectivity index (χ2v) is 13.3. The molecule has 4 aliphatic rings. The average Bonchev–Trinajstić information content (AvgIpc) is 3.72. The molecule has 216 valence electrons. The zero-order valence-electron chi connectivity index (χ0n) is 26.1. The first-order valence-corrected chi connectivity index (χ1v) is 16.5. The molecule has 0 amide bonds. The molecule has 6 rings (SSSR count). The van der Waals surface area contributed by atoms with Crippen LogP contribution in [0.25, 0.3) is 11.1 Å². The van der Waals surface area contributed by atoms with Gasteiger partial charge in [-0.2, -0.15) is 0 Å². The minimum absolute atomic E-state index is 0.378.